The number of pyridine rings is 1. The summed E-state index contributed by atoms with van der Waals surface area (Å²) in [5, 5.41) is 0. The van der Waals surface area contributed by atoms with E-state index < -0.39 is 0 Å². The van der Waals surface area contributed by atoms with Crippen LogP contribution in [-0.4, -0.2) is 30.0 Å². The van der Waals surface area contributed by atoms with Crippen molar-refractivity contribution in [2.75, 3.05) is 20.1 Å². The summed E-state index contributed by atoms with van der Waals surface area (Å²) < 4.78 is 0. The van der Waals surface area contributed by atoms with Gasteiger partial charge in [-0.25, -0.2) is 0 Å². The summed E-state index contributed by atoms with van der Waals surface area (Å²) in [6.45, 7) is 4.46. The minimum Gasteiger partial charge on any atom is -0.302 e. The number of nitrogens with zero attached hydrogens (tertiary/aromatic N) is 2. The molecule has 4 rings (SSSR count). The summed E-state index contributed by atoms with van der Waals surface area (Å²) in [5.74, 6) is 0. The van der Waals surface area contributed by atoms with Gasteiger partial charge in [-0.05, 0) is 74.5 Å². The molecule has 2 heteroatoms. The Bertz CT molecular complexity index is 773. The van der Waals surface area contributed by atoms with Crippen LogP contribution >= 0.6 is 0 Å². The van der Waals surface area contributed by atoms with E-state index in [4.69, 9.17) is 4.98 Å². The van der Waals surface area contributed by atoms with Gasteiger partial charge in [0.05, 0.1) is 5.69 Å². The Labute approximate surface area is 138 Å². The summed E-state index contributed by atoms with van der Waals surface area (Å²) in [4.78, 5) is 7.24. The Kier molecular flexibility index (Phi) is 3.78. The molecule has 0 unspecified atom stereocenters. The molecule has 1 aromatic heterocycles. The van der Waals surface area contributed by atoms with Crippen molar-refractivity contribution >= 4 is 5.57 Å². The number of likely N-dealkylation sites (tertiary alicyclic amines) is 1. The highest BCUT2D eigenvalue weighted by molar-refractivity contribution is 5.84. The van der Waals surface area contributed by atoms with E-state index in [-0.39, 0.29) is 0 Å². The zero-order valence-corrected chi connectivity index (χ0v) is 14.1. The van der Waals surface area contributed by atoms with Crippen molar-refractivity contribution in [3.63, 3.8) is 0 Å². The molecule has 23 heavy (non-hydrogen) atoms. The van der Waals surface area contributed by atoms with Gasteiger partial charge in [-0.3, -0.25) is 4.98 Å². The van der Waals surface area contributed by atoms with Crippen LogP contribution in [-0.2, 0) is 12.8 Å². The number of hydrogen-bond acceptors (Lipinski definition) is 2. The van der Waals surface area contributed by atoms with Crippen LogP contribution in [0.4, 0.5) is 0 Å². The fraction of sp³-hybridized carbons (Fsp3) is 0.381. The van der Waals surface area contributed by atoms with Gasteiger partial charge in [0.1, 0.15) is 0 Å². The first-order valence-corrected chi connectivity index (χ1v) is 8.67. The topological polar surface area (TPSA) is 16.1 Å². The van der Waals surface area contributed by atoms with E-state index in [1.165, 1.54) is 52.9 Å². The molecule has 2 heterocycles. The highest BCUT2D eigenvalue weighted by atomic mass is 15.1. The van der Waals surface area contributed by atoms with E-state index in [2.05, 4.69) is 49.2 Å². The van der Waals surface area contributed by atoms with Crippen LogP contribution in [0, 0.1) is 6.92 Å². The average Bonchev–Trinajstić information content (AvgIpc) is 2.71. The zero-order chi connectivity index (χ0) is 15.8. The van der Waals surface area contributed by atoms with Crippen molar-refractivity contribution in [3.05, 3.63) is 70.0 Å². The molecule has 0 bridgehead atoms. The average molecular weight is 304 g/mol. The minimum atomic E-state index is 1.07. The summed E-state index contributed by atoms with van der Waals surface area (Å²) in [5.41, 5.74) is 9.85. The van der Waals surface area contributed by atoms with E-state index in [0.717, 1.165) is 19.4 Å². The number of aromatic nitrogens is 1. The predicted octanol–water partition coefficient (Wildman–Crippen LogP) is 4.02. The first kappa shape index (κ1) is 14.6. The molecule has 1 aromatic carbocycles. The third-order valence-corrected chi connectivity index (χ3v) is 5.15. The number of hydrogen-bond donors (Lipinski definition) is 0. The van der Waals surface area contributed by atoms with Gasteiger partial charge in [0.25, 0.3) is 0 Å². The summed E-state index contributed by atoms with van der Waals surface area (Å²) in [6.07, 6.45) is 6.60. The maximum atomic E-state index is 4.81. The van der Waals surface area contributed by atoms with Crippen LogP contribution in [0.2, 0.25) is 0 Å². The van der Waals surface area contributed by atoms with Crippen LogP contribution < -0.4 is 0 Å². The number of aryl methyl sites for hydroxylation is 3. The number of likely N-dealkylation sites (N-methyl/N-ethyl adjacent to an activating group) is 1. The van der Waals surface area contributed by atoms with Gasteiger partial charge in [0.2, 0.25) is 0 Å². The molecule has 2 aromatic rings. The van der Waals surface area contributed by atoms with E-state index in [0.29, 0.717) is 0 Å². The second-order valence-corrected chi connectivity index (χ2v) is 6.99. The van der Waals surface area contributed by atoms with Crippen molar-refractivity contribution in [2.24, 2.45) is 0 Å². The van der Waals surface area contributed by atoms with Gasteiger partial charge in [-0.15, -0.1) is 0 Å². The van der Waals surface area contributed by atoms with Crippen LogP contribution in [0.3, 0.4) is 0 Å². The zero-order valence-electron chi connectivity index (χ0n) is 14.1. The Balaban J connectivity index is 1.97. The minimum absolute atomic E-state index is 1.07. The predicted molar refractivity (Wildman–Crippen MR) is 95.6 cm³/mol. The highest BCUT2D eigenvalue weighted by Crippen LogP contribution is 2.37. The Morgan fingerprint density at radius 2 is 1.91 bits per heavy atom. The molecule has 0 saturated carbocycles. The van der Waals surface area contributed by atoms with Crippen molar-refractivity contribution in [1.82, 2.24) is 9.88 Å². The van der Waals surface area contributed by atoms with Crippen LogP contribution in [0.1, 0.15) is 40.8 Å². The number of rotatable bonds is 0. The quantitative estimate of drug-likeness (QED) is 0.731. The normalized spacial score (nSPS) is 21.5. The van der Waals surface area contributed by atoms with Crippen molar-refractivity contribution in [2.45, 2.75) is 32.6 Å². The molecule has 1 aliphatic heterocycles. The SMILES string of the molecule is Cc1ccc2c(c1)CCc1cccnc1/C2=C1\CCCN(C)C1. The fourth-order valence-corrected chi connectivity index (χ4v) is 4.04. The molecular formula is C21H24N2. The number of benzene rings is 1. The third kappa shape index (κ3) is 2.72. The van der Waals surface area contributed by atoms with Gasteiger partial charge in [-0.2, -0.15) is 0 Å². The van der Waals surface area contributed by atoms with Crippen LogP contribution in [0.25, 0.3) is 5.57 Å². The molecule has 0 N–H and O–H groups in total. The van der Waals surface area contributed by atoms with Crippen LogP contribution in [0.15, 0.2) is 42.1 Å². The highest BCUT2D eigenvalue weighted by Gasteiger charge is 2.24. The summed E-state index contributed by atoms with van der Waals surface area (Å²) >= 11 is 0. The molecule has 0 amide bonds. The molecule has 0 spiro atoms. The monoisotopic (exact) mass is 304 g/mol. The molecule has 1 aliphatic carbocycles. The Morgan fingerprint density at radius 3 is 2.78 bits per heavy atom. The maximum Gasteiger partial charge on any atom is 0.0740 e. The molecule has 0 radical (unpaired) electrons. The van der Waals surface area contributed by atoms with Crippen molar-refractivity contribution < 1.29 is 0 Å². The first-order chi connectivity index (χ1) is 11.2. The van der Waals surface area contributed by atoms with Gasteiger partial charge in [0, 0.05) is 18.3 Å². The van der Waals surface area contributed by atoms with E-state index in [1.807, 2.05) is 6.20 Å². The molecule has 1 saturated heterocycles. The summed E-state index contributed by atoms with van der Waals surface area (Å²) in [6, 6.07) is 11.3. The second-order valence-electron chi connectivity index (χ2n) is 6.99. The van der Waals surface area contributed by atoms with Crippen LogP contribution in [0.5, 0.6) is 0 Å². The van der Waals surface area contributed by atoms with Crippen molar-refractivity contribution in [3.8, 4) is 0 Å². The fourth-order valence-electron chi connectivity index (χ4n) is 4.04. The molecule has 0 atom stereocenters. The lowest BCUT2D eigenvalue weighted by Crippen LogP contribution is -2.28. The number of fused-ring (bicyclic) bond motifs is 2. The lowest BCUT2D eigenvalue weighted by Gasteiger charge is -2.27. The lowest BCUT2D eigenvalue weighted by atomic mass is 9.89. The maximum absolute atomic E-state index is 4.81. The molecule has 2 aliphatic rings. The van der Waals surface area contributed by atoms with E-state index in [1.54, 1.807) is 5.57 Å². The lowest BCUT2D eigenvalue weighted by molar-refractivity contribution is 0.323. The van der Waals surface area contributed by atoms with Gasteiger partial charge < -0.3 is 4.90 Å². The summed E-state index contributed by atoms with van der Waals surface area (Å²) in [7, 11) is 2.23. The Morgan fingerprint density at radius 1 is 1.04 bits per heavy atom. The molecular weight excluding hydrogens is 280 g/mol. The molecule has 2 nitrogen and oxygen atoms in total. The third-order valence-electron chi connectivity index (χ3n) is 5.15. The van der Waals surface area contributed by atoms with Crippen molar-refractivity contribution in [1.29, 1.82) is 0 Å². The van der Waals surface area contributed by atoms with E-state index >= 15 is 0 Å². The first-order valence-electron chi connectivity index (χ1n) is 8.67. The largest absolute Gasteiger partial charge is 0.302 e. The standard InChI is InChI=1S/C21H24N2/c1-15-7-10-19-17(13-15)9-8-16-5-3-11-22-21(16)20(19)18-6-4-12-23(2)14-18/h3,5,7,10-11,13H,4,6,8-9,12,14H2,1-2H3/b20-18+. The van der Waals surface area contributed by atoms with E-state index in [9.17, 15) is 0 Å². The smallest absolute Gasteiger partial charge is 0.0740 e. The van der Waals surface area contributed by atoms with Gasteiger partial charge >= 0.3 is 0 Å². The number of piperidine rings is 1. The van der Waals surface area contributed by atoms with Gasteiger partial charge in [0.15, 0.2) is 0 Å². The Hall–Kier alpha value is -1.93. The molecule has 1 fully saturated rings. The van der Waals surface area contributed by atoms with Gasteiger partial charge in [-0.1, -0.05) is 29.8 Å². The molecule has 118 valence electrons. The second kappa shape index (κ2) is 5.93.